The number of ether oxygens (including phenoxy) is 2. The van der Waals surface area contributed by atoms with E-state index in [1.54, 1.807) is 0 Å². The average molecular weight is 296 g/mol. The van der Waals surface area contributed by atoms with Crippen LogP contribution in [0.5, 0.6) is 0 Å². The standard InChI is InChI=1S/C14H17FN2O4/c15-12-1-2-13(17(18)19)11(9-12)10-16-5-3-14(4-6-16)20-7-8-21-14/h1-2,9H,3-8,10H2. The lowest BCUT2D eigenvalue weighted by Gasteiger charge is -2.37. The van der Waals surface area contributed by atoms with Gasteiger partial charge >= 0.3 is 0 Å². The molecule has 21 heavy (non-hydrogen) atoms. The van der Waals surface area contributed by atoms with Gasteiger partial charge in [0.2, 0.25) is 0 Å². The summed E-state index contributed by atoms with van der Waals surface area (Å²) in [6, 6.07) is 3.58. The molecule has 0 radical (unpaired) electrons. The molecule has 114 valence electrons. The molecule has 3 rings (SSSR count). The zero-order valence-electron chi connectivity index (χ0n) is 11.6. The van der Waals surface area contributed by atoms with E-state index in [1.807, 2.05) is 0 Å². The van der Waals surface area contributed by atoms with Gasteiger partial charge in [-0.25, -0.2) is 4.39 Å². The summed E-state index contributed by atoms with van der Waals surface area (Å²) in [4.78, 5) is 12.6. The van der Waals surface area contributed by atoms with E-state index in [4.69, 9.17) is 9.47 Å². The second kappa shape index (κ2) is 5.67. The summed E-state index contributed by atoms with van der Waals surface area (Å²) in [7, 11) is 0. The topological polar surface area (TPSA) is 64.8 Å². The third kappa shape index (κ3) is 3.04. The van der Waals surface area contributed by atoms with Crippen LogP contribution >= 0.6 is 0 Å². The zero-order valence-corrected chi connectivity index (χ0v) is 11.6. The van der Waals surface area contributed by atoms with E-state index in [1.165, 1.54) is 12.1 Å². The summed E-state index contributed by atoms with van der Waals surface area (Å²) in [5.41, 5.74) is 0.370. The number of nitrogens with zero attached hydrogens (tertiary/aromatic N) is 2. The van der Waals surface area contributed by atoms with Gasteiger partial charge in [0.1, 0.15) is 5.82 Å². The first-order valence-electron chi connectivity index (χ1n) is 7.01. The summed E-state index contributed by atoms with van der Waals surface area (Å²) < 4.78 is 24.6. The number of nitro benzene ring substituents is 1. The fourth-order valence-electron chi connectivity index (χ4n) is 2.94. The second-order valence-corrected chi connectivity index (χ2v) is 5.41. The third-order valence-electron chi connectivity index (χ3n) is 4.06. The van der Waals surface area contributed by atoms with Gasteiger partial charge in [-0.3, -0.25) is 15.0 Å². The molecule has 0 unspecified atom stereocenters. The highest BCUT2D eigenvalue weighted by Gasteiger charge is 2.39. The molecule has 0 bridgehead atoms. The van der Waals surface area contributed by atoms with Crippen molar-refractivity contribution in [2.45, 2.75) is 25.2 Å². The molecule has 0 saturated carbocycles. The Morgan fingerprint density at radius 2 is 1.95 bits per heavy atom. The second-order valence-electron chi connectivity index (χ2n) is 5.41. The Morgan fingerprint density at radius 1 is 1.29 bits per heavy atom. The van der Waals surface area contributed by atoms with E-state index in [-0.39, 0.29) is 5.69 Å². The molecule has 1 aromatic carbocycles. The predicted molar refractivity (Wildman–Crippen MR) is 72.2 cm³/mol. The SMILES string of the molecule is O=[N+]([O-])c1ccc(F)cc1CN1CCC2(CC1)OCCO2. The van der Waals surface area contributed by atoms with E-state index < -0.39 is 16.5 Å². The van der Waals surface area contributed by atoms with Gasteiger partial charge in [0.25, 0.3) is 5.69 Å². The van der Waals surface area contributed by atoms with Crippen LogP contribution in [0.4, 0.5) is 10.1 Å². The van der Waals surface area contributed by atoms with Crippen molar-refractivity contribution in [3.8, 4) is 0 Å². The molecule has 0 amide bonds. The minimum atomic E-state index is -0.469. The Hall–Kier alpha value is -1.57. The third-order valence-corrected chi connectivity index (χ3v) is 4.06. The highest BCUT2D eigenvalue weighted by atomic mass is 19.1. The smallest absolute Gasteiger partial charge is 0.274 e. The molecule has 2 aliphatic heterocycles. The highest BCUT2D eigenvalue weighted by Crippen LogP contribution is 2.32. The van der Waals surface area contributed by atoms with Gasteiger partial charge in [0, 0.05) is 44.1 Å². The first-order valence-corrected chi connectivity index (χ1v) is 7.01. The monoisotopic (exact) mass is 296 g/mol. The van der Waals surface area contributed by atoms with Crippen molar-refractivity contribution >= 4 is 5.69 Å². The van der Waals surface area contributed by atoms with Crippen LogP contribution in [0.2, 0.25) is 0 Å². The maximum absolute atomic E-state index is 13.3. The van der Waals surface area contributed by atoms with Crippen LogP contribution in [-0.2, 0) is 16.0 Å². The number of benzene rings is 1. The van der Waals surface area contributed by atoms with E-state index in [0.717, 1.165) is 18.9 Å². The average Bonchev–Trinajstić information content (AvgIpc) is 2.90. The lowest BCUT2D eigenvalue weighted by atomic mass is 10.0. The van der Waals surface area contributed by atoms with Gasteiger partial charge in [0.05, 0.1) is 18.1 Å². The molecular weight excluding hydrogens is 279 g/mol. The van der Waals surface area contributed by atoms with Gasteiger partial charge in [-0.05, 0) is 12.1 Å². The number of nitro groups is 1. The fourth-order valence-corrected chi connectivity index (χ4v) is 2.94. The van der Waals surface area contributed by atoms with Crippen LogP contribution in [0.1, 0.15) is 18.4 Å². The van der Waals surface area contributed by atoms with Gasteiger partial charge in [-0.1, -0.05) is 0 Å². The Balaban J connectivity index is 1.68. The molecule has 0 atom stereocenters. The number of hydrogen-bond donors (Lipinski definition) is 0. The van der Waals surface area contributed by atoms with Gasteiger partial charge in [-0.2, -0.15) is 0 Å². The van der Waals surface area contributed by atoms with Crippen molar-refractivity contribution < 1.29 is 18.8 Å². The summed E-state index contributed by atoms with van der Waals surface area (Å²) in [6.45, 7) is 3.04. The maximum Gasteiger partial charge on any atom is 0.274 e. The van der Waals surface area contributed by atoms with Crippen LogP contribution in [0.3, 0.4) is 0 Å². The summed E-state index contributed by atoms with van der Waals surface area (Å²) >= 11 is 0. The van der Waals surface area contributed by atoms with Crippen molar-refractivity contribution in [3.05, 3.63) is 39.7 Å². The minimum absolute atomic E-state index is 0.0370. The normalized spacial score (nSPS) is 21.8. The van der Waals surface area contributed by atoms with Crippen molar-refractivity contribution in [3.63, 3.8) is 0 Å². The fraction of sp³-hybridized carbons (Fsp3) is 0.571. The molecule has 7 heteroatoms. The molecule has 0 aliphatic carbocycles. The maximum atomic E-state index is 13.3. The molecule has 0 N–H and O–H groups in total. The molecule has 2 heterocycles. The van der Waals surface area contributed by atoms with Crippen molar-refractivity contribution in [2.75, 3.05) is 26.3 Å². The number of halogens is 1. The van der Waals surface area contributed by atoms with E-state index in [9.17, 15) is 14.5 Å². The zero-order chi connectivity index (χ0) is 14.9. The van der Waals surface area contributed by atoms with Crippen LogP contribution in [-0.4, -0.2) is 41.9 Å². The first-order chi connectivity index (χ1) is 10.1. The quantitative estimate of drug-likeness (QED) is 0.631. The number of piperidine rings is 1. The minimum Gasteiger partial charge on any atom is -0.347 e. The van der Waals surface area contributed by atoms with E-state index >= 15 is 0 Å². The Morgan fingerprint density at radius 3 is 2.57 bits per heavy atom. The van der Waals surface area contributed by atoms with Crippen LogP contribution in [0.25, 0.3) is 0 Å². The van der Waals surface area contributed by atoms with Crippen molar-refractivity contribution in [1.82, 2.24) is 4.90 Å². The molecule has 1 aromatic rings. The number of likely N-dealkylation sites (tertiary alicyclic amines) is 1. The lowest BCUT2D eigenvalue weighted by molar-refractivity contribution is -0.385. The Labute approximate surface area is 121 Å². The summed E-state index contributed by atoms with van der Waals surface area (Å²) in [5, 5.41) is 11.0. The molecule has 2 fully saturated rings. The van der Waals surface area contributed by atoms with Gasteiger partial charge < -0.3 is 9.47 Å². The van der Waals surface area contributed by atoms with E-state index in [0.29, 0.717) is 38.4 Å². The molecule has 1 spiro atoms. The highest BCUT2D eigenvalue weighted by molar-refractivity contribution is 5.40. The predicted octanol–water partition coefficient (Wildman–Crippen LogP) is 2.07. The first kappa shape index (κ1) is 14.4. The van der Waals surface area contributed by atoms with Gasteiger partial charge in [0.15, 0.2) is 5.79 Å². The van der Waals surface area contributed by atoms with Crippen LogP contribution in [0, 0.1) is 15.9 Å². The van der Waals surface area contributed by atoms with Gasteiger partial charge in [-0.15, -0.1) is 0 Å². The Kier molecular flexibility index (Phi) is 3.88. The molecule has 6 nitrogen and oxygen atoms in total. The summed E-state index contributed by atoms with van der Waals surface area (Å²) in [5.74, 6) is -0.920. The Bertz CT molecular complexity index is 536. The molecule has 2 saturated heterocycles. The lowest BCUT2D eigenvalue weighted by Crippen LogP contribution is -2.44. The number of hydrogen-bond acceptors (Lipinski definition) is 5. The van der Waals surface area contributed by atoms with Crippen LogP contribution in [0.15, 0.2) is 18.2 Å². The molecular formula is C14H17FN2O4. The van der Waals surface area contributed by atoms with Crippen molar-refractivity contribution in [2.24, 2.45) is 0 Å². The molecule has 2 aliphatic rings. The number of rotatable bonds is 3. The summed E-state index contributed by atoms with van der Waals surface area (Å²) in [6.07, 6.45) is 1.46. The molecule has 0 aromatic heterocycles. The van der Waals surface area contributed by atoms with E-state index in [2.05, 4.69) is 4.90 Å². The van der Waals surface area contributed by atoms with Crippen molar-refractivity contribution in [1.29, 1.82) is 0 Å². The largest absolute Gasteiger partial charge is 0.347 e. The van der Waals surface area contributed by atoms with Crippen LogP contribution < -0.4 is 0 Å².